The number of ether oxygens (including phenoxy) is 1. The van der Waals surface area contributed by atoms with Crippen molar-refractivity contribution in [3.8, 4) is 0 Å². The summed E-state index contributed by atoms with van der Waals surface area (Å²) in [6, 6.07) is 1.52. The molecular formula is C14H18BrN3O3. The summed E-state index contributed by atoms with van der Waals surface area (Å²) in [5.41, 5.74) is 0.00670. The highest BCUT2D eigenvalue weighted by Crippen LogP contribution is 2.36. The number of nitrogens with zero attached hydrogens (tertiary/aromatic N) is 3. The first kappa shape index (κ1) is 14.7. The standard InChI is InChI=1S/C14H18BrN3O3/c15-13-6-12(18(19)20)7-16-14(13)17-4-5-21-9-11(8-17)10-2-1-3-10/h6-7,10-11H,1-5,8-9H2. The highest BCUT2D eigenvalue weighted by atomic mass is 79.9. The zero-order chi connectivity index (χ0) is 14.8. The van der Waals surface area contributed by atoms with Gasteiger partial charge in [-0.15, -0.1) is 0 Å². The number of aromatic nitrogens is 1. The Morgan fingerprint density at radius 1 is 1.43 bits per heavy atom. The molecule has 1 aromatic heterocycles. The second-order valence-electron chi connectivity index (χ2n) is 5.73. The predicted molar refractivity (Wildman–Crippen MR) is 82.5 cm³/mol. The predicted octanol–water partition coefficient (Wildman–Crippen LogP) is 3.01. The van der Waals surface area contributed by atoms with E-state index in [4.69, 9.17) is 4.74 Å². The minimum atomic E-state index is -0.426. The van der Waals surface area contributed by atoms with E-state index in [2.05, 4.69) is 25.8 Å². The van der Waals surface area contributed by atoms with Crippen LogP contribution in [0.1, 0.15) is 19.3 Å². The van der Waals surface area contributed by atoms with E-state index in [9.17, 15) is 10.1 Å². The molecule has 1 aliphatic heterocycles. The molecule has 2 heterocycles. The van der Waals surface area contributed by atoms with Crippen molar-refractivity contribution in [3.63, 3.8) is 0 Å². The van der Waals surface area contributed by atoms with Crippen molar-refractivity contribution in [2.75, 3.05) is 31.2 Å². The zero-order valence-electron chi connectivity index (χ0n) is 11.7. The van der Waals surface area contributed by atoms with Crippen LogP contribution in [-0.4, -0.2) is 36.2 Å². The van der Waals surface area contributed by atoms with Gasteiger partial charge in [-0.05, 0) is 21.8 Å². The van der Waals surface area contributed by atoms with Crippen LogP contribution in [0.25, 0.3) is 0 Å². The van der Waals surface area contributed by atoms with Gasteiger partial charge in [0.2, 0.25) is 0 Å². The Morgan fingerprint density at radius 2 is 2.24 bits per heavy atom. The summed E-state index contributed by atoms with van der Waals surface area (Å²) in [4.78, 5) is 16.8. The third kappa shape index (κ3) is 3.18. The van der Waals surface area contributed by atoms with E-state index in [1.165, 1.54) is 31.5 Å². The van der Waals surface area contributed by atoms with Gasteiger partial charge in [0, 0.05) is 25.1 Å². The molecule has 1 unspecified atom stereocenters. The van der Waals surface area contributed by atoms with Crippen molar-refractivity contribution in [2.24, 2.45) is 11.8 Å². The van der Waals surface area contributed by atoms with Crippen LogP contribution in [0.5, 0.6) is 0 Å². The molecule has 0 aromatic carbocycles. The molecule has 1 aliphatic carbocycles. The van der Waals surface area contributed by atoms with E-state index in [0.717, 1.165) is 31.4 Å². The molecule has 3 rings (SSSR count). The molecule has 2 aliphatic rings. The van der Waals surface area contributed by atoms with E-state index in [0.29, 0.717) is 17.0 Å². The van der Waals surface area contributed by atoms with Gasteiger partial charge in [0.05, 0.1) is 22.6 Å². The van der Waals surface area contributed by atoms with Crippen LogP contribution in [0.15, 0.2) is 16.7 Å². The molecule has 6 nitrogen and oxygen atoms in total. The minimum absolute atomic E-state index is 0.00670. The smallest absolute Gasteiger partial charge is 0.288 e. The Balaban J connectivity index is 1.79. The second kappa shape index (κ2) is 6.27. The molecule has 1 atom stereocenters. The number of rotatable bonds is 3. The van der Waals surface area contributed by atoms with Crippen LogP contribution in [0.4, 0.5) is 11.5 Å². The molecular weight excluding hydrogens is 338 g/mol. The average molecular weight is 356 g/mol. The average Bonchev–Trinajstić information content (AvgIpc) is 2.62. The van der Waals surface area contributed by atoms with E-state index in [-0.39, 0.29) is 5.69 Å². The van der Waals surface area contributed by atoms with Crippen molar-refractivity contribution in [3.05, 3.63) is 26.9 Å². The van der Waals surface area contributed by atoms with Gasteiger partial charge >= 0.3 is 0 Å². The van der Waals surface area contributed by atoms with Crippen molar-refractivity contribution in [1.29, 1.82) is 0 Å². The topological polar surface area (TPSA) is 68.5 Å². The Hall–Kier alpha value is -1.21. The van der Waals surface area contributed by atoms with E-state index < -0.39 is 4.92 Å². The van der Waals surface area contributed by atoms with E-state index in [1.807, 2.05) is 0 Å². The minimum Gasteiger partial charge on any atom is -0.379 e. The maximum absolute atomic E-state index is 10.8. The van der Waals surface area contributed by atoms with Gasteiger partial charge in [0.25, 0.3) is 5.69 Å². The Labute approximate surface area is 131 Å². The number of hydrogen-bond donors (Lipinski definition) is 0. The van der Waals surface area contributed by atoms with E-state index >= 15 is 0 Å². The summed E-state index contributed by atoms with van der Waals surface area (Å²) < 4.78 is 6.40. The summed E-state index contributed by atoms with van der Waals surface area (Å²) in [5.74, 6) is 2.06. The maximum Gasteiger partial charge on any atom is 0.288 e. The third-order valence-corrected chi connectivity index (χ3v) is 5.01. The Bertz CT molecular complexity index is 536. The molecule has 0 amide bonds. The van der Waals surface area contributed by atoms with Crippen LogP contribution in [0.2, 0.25) is 0 Å². The number of halogens is 1. The van der Waals surface area contributed by atoms with Gasteiger partial charge in [-0.25, -0.2) is 4.98 Å². The van der Waals surface area contributed by atoms with Crippen LogP contribution >= 0.6 is 15.9 Å². The number of anilines is 1. The lowest BCUT2D eigenvalue weighted by molar-refractivity contribution is -0.385. The highest BCUT2D eigenvalue weighted by molar-refractivity contribution is 9.10. The van der Waals surface area contributed by atoms with Crippen molar-refractivity contribution >= 4 is 27.4 Å². The van der Waals surface area contributed by atoms with Crippen molar-refractivity contribution in [1.82, 2.24) is 4.98 Å². The van der Waals surface area contributed by atoms with Crippen molar-refractivity contribution in [2.45, 2.75) is 19.3 Å². The first-order chi connectivity index (χ1) is 10.1. The summed E-state index contributed by atoms with van der Waals surface area (Å²) in [5, 5.41) is 10.8. The number of nitro groups is 1. The van der Waals surface area contributed by atoms with Gasteiger partial charge < -0.3 is 9.64 Å². The normalized spacial score (nSPS) is 23.5. The fraction of sp³-hybridized carbons (Fsp3) is 0.643. The third-order valence-electron chi connectivity index (χ3n) is 4.43. The molecule has 1 saturated carbocycles. The van der Waals surface area contributed by atoms with Crippen LogP contribution in [0.3, 0.4) is 0 Å². The lowest BCUT2D eigenvalue weighted by Gasteiger charge is -2.35. The molecule has 0 radical (unpaired) electrons. The van der Waals surface area contributed by atoms with Gasteiger partial charge in [0.15, 0.2) is 0 Å². The first-order valence-electron chi connectivity index (χ1n) is 7.28. The fourth-order valence-corrected chi connectivity index (χ4v) is 3.57. The molecule has 1 saturated heterocycles. The molecule has 114 valence electrons. The number of pyridine rings is 1. The van der Waals surface area contributed by atoms with Crippen molar-refractivity contribution < 1.29 is 9.66 Å². The lowest BCUT2D eigenvalue weighted by atomic mass is 9.76. The van der Waals surface area contributed by atoms with Gasteiger partial charge in [-0.1, -0.05) is 19.3 Å². The fourth-order valence-electron chi connectivity index (χ4n) is 2.98. The molecule has 21 heavy (non-hydrogen) atoms. The molecule has 2 fully saturated rings. The summed E-state index contributed by atoms with van der Waals surface area (Å²) in [6.45, 7) is 3.17. The van der Waals surface area contributed by atoms with Gasteiger partial charge in [-0.2, -0.15) is 0 Å². The highest BCUT2D eigenvalue weighted by Gasteiger charge is 2.31. The second-order valence-corrected chi connectivity index (χ2v) is 6.58. The monoisotopic (exact) mass is 355 g/mol. The SMILES string of the molecule is O=[N+]([O-])c1cnc(N2CCOCC(C3CCC3)C2)c(Br)c1. The molecule has 0 spiro atoms. The van der Waals surface area contributed by atoms with Crippen LogP contribution < -0.4 is 4.90 Å². The first-order valence-corrected chi connectivity index (χ1v) is 8.07. The summed E-state index contributed by atoms with van der Waals surface area (Å²) in [6.07, 6.45) is 5.22. The Morgan fingerprint density at radius 3 is 2.86 bits per heavy atom. The Kier molecular flexibility index (Phi) is 4.40. The molecule has 0 bridgehead atoms. The van der Waals surface area contributed by atoms with Gasteiger partial charge in [0.1, 0.15) is 12.0 Å². The maximum atomic E-state index is 10.8. The number of hydrogen-bond acceptors (Lipinski definition) is 5. The quantitative estimate of drug-likeness (QED) is 0.615. The molecule has 0 N–H and O–H groups in total. The zero-order valence-corrected chi connectivity index (χ0v) is 13.3. The van der Waals surface area contributed by atoms with Gasteiger partial charge in [-0.3, -0.25) is 10.1 Å². The molecule has 1 aromatic rings. The summed E-state index contributed by atoms with van der Waals surface area (Å²) in [7, 11) is 0. The largest absolute Gasteiger partial charge is 0.379 e. The lowest BCUT2D eigenvalue weighted by Crippen LogP contribution is -2.36. The van der Waals surface area contributed by atoms with Crippen LogP contribution in [-0.2, 0) is 4.74 Å². The van der Waals surface area contributed by atoms with Crippen LogP contribution in [0, 0.1) is 22.0 Å². The summed E-state index contributed by atoms with van der Waals surface area (Å²) >= 11 is 3.42. The van der Waals surface area contributed by atoms with E-state index in [1.54, 1.807) is 0 Å². The molecule has 7 heteroatoms.